The summed E-state index contributed by atoms with van der Waals surface area (Å²) in [6.07, 6.45) is 1.49. The predicted molar refractivity (Wildman–Crippen MR) is 135 cm³/mol. The third-order valence-electron chi connectivity index (χ3n) is 5.66. The van der Waals surface area contributed by atoms with Crippen molar-refractivity contribution in [3.8, 4) is 0 Å². The molecule has 0 saturated carbocycles. The van der Waals surface area contributed by atoms with Gasteiger partial charge in [0.2, 0.25) is 0 Å². The highest BCUT2D eigenvalue weighted by atomic mass is 35.5. The molecule has 0 fully saturated rings. The quantitative estimate of drug-likeness (QED) is 0.306. The van der Waals surface area contributed by atoms with E-state index in [0.29, 0.717) is 10.0 Å². The zero-order valence-corrected chi connectivity index (χ0v) is 22.0. The van der Waals surface area contributed by atoms with Crippen LogP contribution in [0.2, 0.25) is 10.0 Å². The molecule has 33 heavy (non-hydrogen) atoms. The summed E-state index contributed by atoms with van der Waals surface area (Å²) in [6.45, 7) is 8.16. The van der Waals surface area contributed by atoms with Crippen molar-refractivity contribution in [1.82, 2.24) is 0 Å². The van der Waals surface area contributed by atoms with Crippen LogP contribution < -0.4 is 0 Å². The molecule has 0 saturated heterocycles. The van der Waals surface area contributed by atoms with E-state index in [1.165, 1.54) is 5.56 Å². The summed E-state index contributed by atoms with van der Waals surface area (Å²) in [5.41, 5.74) is 2.00. The Morgan fingerprint density at radius 3 is 2.06 bits per heavy atom. The van der Waals surface area contributed by atoms with E-state index in [1.54, 1.807) is 18.2 Å². The molecule has 2 aromatic carbocycles. The lowest BCUT2D eigenvalue weighted by Crippen LogP contribution is -2.31. The lowest BCUT2D eigenvalue weighted by Gasteiger charge is -2.30. The van der Waals surface area contributed by atoms with E-state index in [1.807, 2.05) is 31.2 Å². The van der Waals surface area contributed by atoms with Gasteiger partial charge in [0.25, 0.3) is 10.1 Å². The second-order valence-electron chi connectivity index (χ2n) is 9.67. The second kappa shape index (κ2) is 10.7. The van der Waals surface area contributed by atoms with E-state index >= 15 is 0 Å². The molecule has 0 spiro atoms. The van der Waals surface area contributed by atoms with E-state index in [9.17, 15) is 13.2 Å². The van der Waals surface area contributed by atoms with Gasteiger partial charge in [0, 0.05) is 18.3 Å². The molecule has 0 aliphatic rings. The Hall–Kier alpha value is -1.73. The number of benzene rings is 2. The standard InChI is InChI=1S/C25H31Cl2NO4S/c1-24(2,3)18-8-6-17(7-9-18)14-23(29)22(28)16-25(4,12-13-32-33(5,30)31)19-10-11-20(26)21(27)15-19/h6-11,15,28H,12-14,16H2,1-5H3. The highest BCUT2D eigenvalue weighted by Gasteiger charge is 2.31. The molecule has 180 valence electrons. The van der Waals surface area contributed by atoms with Crippen LogP contribution >= 0.6 is 23.2 Å². The van der Waals surface area contributed by atoms with Crippen LogP contribution in [0.1, 0.15) is 57.2 Å². The maximum atomic E-state index is 12.9. The monoisotopic (exact) mass is 511 g/mol. The van der Waals surface area contributed by atoms with Crippen molar-refractivity contribution >= 4 is 44.8 Å². The van der Waals surface area contributed by atoms with Crippen LogP contribution in [0.4, 0.5) is 0 Å². The Morgan fingerprint density at radius 1 is 0.970 bits per heavy atom. The average molecular weight is 512 g/mol. The molecule has 0 aromatic heterocycles. The molecule has 1 atom stereocenters. The minimum absolute atomic E-state index is 0.0188. The number of hydrogen-bond donors (Lipinski definition) is 1. The van der Waals surface area contributed by atoms with Crippen molar-refractivity contribution in [3.05, 3.63) is 69.2 Å². The van der Waals surface area contributed by atoms with E-state index in [-0.39, 0.29) is 42.8 Å². The third-order valence-corrected chi connectivity index (χ3v) is 6.99. The summed E-state index contributed by atoms with van der Waals surface area (Å²) < 4.78 is 27.8. The van der Waals surface area contributed by atoms with Crippen LogP contribution in [0.15, 0.2) is 42.5 Å². The van der Waals surface area contributed by atoms with Crippen molar-refractivity contribution < 1.29 is 17.4 Å². The fraction of sp³-hybridized carbons (Fsp3) is 0.440. The molecule has 8 heteroatoms. The fourth-order valence-electron chi connectivity index (χ4n) is 3.53. The van der Waals surface area contributed by atoms with Crippen molar-refractivity contribution in [2.24, 2.45) is 0 Å². The van der Waals surface area contributed by atoms with E-state index in [0.717, 1.165) is 17.4 Å². The van der Waals surface area contributed by atoms with Gasteiger partial charge in [-0.05, 0) is 40.7 Å². The molecular weight excluding hydrogens is 481 g/mol. The number of carbonyl (C=O) groups is 1. The number of rotatable bonds is 10. The van der Waals surface area contributed by atoms with Crippen LogP contribution in [-0.2, 0) is 36.3 Å². The van der Waals surface area contributed by atoms with Crippen LogP contribution in [-0.4, -0.2) is 32.8 Å². The average Bonchev–Trinajstić information content (AvgIpc) is 2.68. The first-order valence-electron chi connectivity index (χ1n) is 10.6. The van der Waals surface area contributed by atoms with Crippen LogP contribution in [0, 0.1) is 5.41 Å². The number of hydrogen-bond acceptors (Lipinski definition) is 5. The van der Waals surface area contributed by atoms with E-state index in [4.69, 9.17) is 32.8 Å². The van der Waals surface area contributed by atoms with Gasteiger partial charge in [-0.3, -0.25) is 8.98 Å². The summed E-state index contributed by atoms with van der Waals surface area (Å²) in [5, 5.41) is 9.21. The second-order valence-corrected chi connectivity index (χ2v) is 12.1. The van der Waals surface area contributed by atoms with E-state index < -0.39 is 15.5 Å². The van der Waals surface area contributed by atoms with Crippen LogP contribution in [0.25, 0.3) is 0 Å². The maximum absolute atomic E-state index is 12.9. The highest BCUT2D eigenvalue weighted by Crippen LogP contribution is 2.36. The van der Waals surface area contributed by atoms with Gasteiger partial charge < -0.3 is 5.41 Å². The Morgan fingerprint density at radius 2 is 1.55 bits per heavy atom. The van der Waals surface area contributed by atoms with Gasteiger partial charge in [0.05, 0.1) is 28.6 Å². The van der Waals surface area contributed by atoms with Crippen molar-refractivity contribution in [1.29, 1.82) is 5.41 Å². The normalized spacial score (nSPS) is 14.0. The predicted octanol–water partition coefficient (Wildman–Crippen LogP) is 6.14. The van der Waals surface area contributed by atoms with Crippen molar-refractivity contribution in [2.45, 2.75) is 57.8 Å². The molecule has 0 aliphatic heterocycles. The van der Waals surface area contributed by atoms with Gasteiger partial charge in [0.15, 0.2) is 5.78 Å². The molecule has 0 amide bonds. The number of carbonyl (C=O) groups excluding carboxylic acids is 1. The summed E-state index contributed by atoms with van der Waals surface area (Å²) in [4.78, 5) is 12.9. The molecule has 0 radical (unpaired) electrons. The van der Waals surface area contributed by atoms with Gasteiger partial charge in [-0.2, -0.15) is 8.42 Å². The van der Waals surface area contributed by atoms with E-state index in [2.05, 4.69) is 20.8 Å². The fourth-order valence-corrected chi connectivity index (χ4v) is 4.21. The minimum atomic E-state index is -3.61. The Bertz CT molecular complexity index is 1120. The Kier molecular flexibility index (Phi) is 8.91. The third kappa shape index (κ3) is 8.21. The molecule has 2 aromatic rings. The summed E-state index contributed by atoms with van der Waals surface area (Å²) in [7, 11) is -3.61. The van der Waals surface area contributed by atoms with Gasteiger partial charge in [-0.1, -0.05) is 81.2 Å². The Balaban J connectivity index is 2.20. The first kappa shape index (κ1) is 27.5. The van der Waals surface area contributed by atoms with Crippen LogP contribution in [0.3, 0.4) is 0 Å². The number of Topliss-reactive ketones (excluding diaryl/α,β-unsaturated/α-hetero) is 1. The Labute approximate surface area is 207 Å². The summed E-state index contributed by atoms with van der Waals surface area (Å²) in [6, 6.07) is 13.0. The largest absolute Gasteiger partial charge is 0.302 e. The van der Waals surface area contributed by atoms with Crippen LogP contribution in [0.5, 0.6) is 0 Å². The summed E-state index contributed by atoms with van der Waals surface area (Å²) in [5.74, 6) is -0.283. The van der Waals surface area contributed by atoms with Crippen molar-refractivity contribution in [2.75, 3.05) is 12.9 Å². The molecule has 1 unspecified atom stereocenters. The number of nitrogens with one attached hydrogen (secondary N) is 1. The zero-order valence-electron chi connectivity index (χ0n) is 19.7. The summed E-state index contributed by atoms with van der Waals surface area (Å²) >= 11 is 12.2. The maximum Gasteiger partial charge on any atom is 0.264 e. The SMILES string of the molecule is CC(C)(C)c1ccc(CC(=O)C(=N)CC(C)(CCOS(C)(=O)=O)c2ccc(Cl)c(Cl)c2)cc1. The van der Waals surface area contributed by atoms with Gasteiger partial charge in [-0.25, -0.2) is 0 Å². The molecule has 0 bridgehead atoms. The molecule has 2 rings (SSSR count). The molecule has 0 aliphatic carbocycles. The lowest BCUT2D eigenvalue weighted by atomic mass is 9.75. The van der Waals surface area contributed by atoms with Crippen molar-refractivity contribution in [3.63, 3.8) is 0 Å². The first-order chi connectivity index (χ1) is 15.1. The molecule has 0 heterocycles. The molecule has 1 N–H and O–H groups in total. The van der Waals surface area contributed by atoms with Gasteiger partial charge in [-0.15, -0.1) is 0 Å². The lowest BCUT2D eigenvalue weighted by molar-refractivity contribution is -0.112. The smallest absolute Gasteiger partial charge is 0.264 e. The number of ketones is 1. The van der Waals surface area contributed by atoms with Gasteiger partial charge >= 0.3 is 0 Å². The molecular formula is C25H31Cl2NO4S. The number of halogens is 2. The minimum Gasteiger partial charge on any atom is -0.302 e. The zero-order chi connectivity index (χ0) is 25.0. The first-order valence-corrected chi connectivity index (χ1v) is 13.2. The van der Waals surface area contributed by atoms with Gasteiger partial charge in [0.1, 0.15) is 0 Å². The topological polar surface area (TPSA) is 84.3 Å². The highest BCUT2D eigenvalue weighted by molar-refractivity contribution is 7.85. The molecule has 5 nitrogen and oxygen atoms in total.